The van der Waals surface area contributed by atoms with Gasteiger partial charge in [0.2, 0.25) is 5.89 Å². The Kier molecular flexibility index (Phi) is 3.13. The fourth-order valence-electron chi connectivity index (χ4n) is 2.01. The number of hydrogen-bond donors (Lipinski definition) is 1. The van der Waals surface area contributed by atoms with Crippen molar-refractivity contribution in [2.45, 2.75) is 6.54 Å². The fraction of sp³-hybridized carbons (Fsp3) is 0.0714. The number of nitrogens with one attached hydrogen (secondary N) is 1. The van der Waals surface area contributed by atoms with E-state index >= 15 is 0 Å². The van der Waals surface area contributed by atoms with Crippen molar-refractivity contribution in [3.05, 3.63) is 47.2 Å². The van der Waals surface area contributed by atoms with Gasteiger partial charge in [-0.3, -0.25) is 0 Å². The first kappa shape index (κ1) is 12.5. The highest BCUT2D eigenvalue weighted by atomic mass is 32.1. The zero-order valence-corrected chi connectivity index (χ0v) is 12.4. The zero-order valence-electron chi connectivity index (χ0n) is 10.8. The summed E-state index contributed by atoms with van der Waals surface area (Å²) in [5.74, 6) is 1.48. The van der Waals surface area contributed by atoms with E-state index in [0.717, 1.165) is 26.6 Å². The molecule has 0 saturated heterocycles. The third kappa shape index (κ3) is 2.41. The van der Waals surface area contributed by atoms with E-state index in [1.807, 2.05) is 29.0 Å². The number of fused-ring (bicyclic) bond motifs is 1. The first-order valence-electron chi connectivity index (χ1n) is 6.30. The number of hydrogen-bond acceptors (Lipinski definition) is 7. The quantitative estimate of drug-likeness (QED) is 0.616. The number of oxazole rings is 1. The molecule has 7 heteroatoms. The highest BCUT2D eigenvalue weighted by Gasteiger charge is 2.09. The van der Waals surface area contributed by atoms with Crippen LogP contribution in [0.15, 0.2) is 46.0 Å². The van der Waals surface area contributed by atoms with Gasteiger partial charge >= 0.3 is 0 Å². The van der Waals surface area contributed by atoms with Gasteiger partial charge in [0.05, 0.1) is 22.5 Å². The molecule has 104 valence electrons. The molecular weight excluding hydrogens is 304 g/mol. The van der Waals surface area contributed by atoms with Crippen molar-refractivity contribution in [1.82, 2.24) is 15.0 Å². The summed E-state index contributed by atoms with van der Waals surface area (Å²) in [6.07, 6.45) is 3.25. The summed E-state index contributed by atoms with van der Waals surface area (Å²) in [5.41, 5.74) is 0.848. The summed E-state index contributed by atoms with van der Waals surface area (Å²) in [4.78, 5) is 15.0. The van der Waals surface area contributed by atoms with E-state index in [0.29, 0.717) is 12.4 Å². The van der Waals surface area contributed by atoms with E-state index in [1.165, 1.54) is 0 Å². The van der Waals surface area contributed by atoms with E-state index in [-0.39, 0.29) is 0 Å². The average molecular weight is 314 g/mol. The van der Waals surface area contributed by atoms with Gasteiger partial charge in [-0.25, -0.2) is 15.0 Å². The maximum absolute atomic E-state index is 5.50. The van der Waals surface area contributed by atoms with Crippen LogP contribution >= 0.6 is 22.7 Å². The Hall–Kier alpha value is -2.25. The molecule has 4 aromatic rings. The van der Waals surface area contributed by atoms with Crippen LogP contribution in [0.4, 0.5) is 5.82 Å². The minimum atomic E-state index is 0.566. The Bertz CT molecular complexity index is 866. The van der Waals surface area contributed by atoms with Gasteiger partial charge < -0.3 is 9.73 Å². The second-order valence-corrected chi connectivity index (χ2v) is 6.18. The number of anilines is 1. The van der Waals surface area contributed by atoms with E-state index in [9.17, 15) is 0 Å². The van der Waals surface area contributed by atoms with Crippen LogP contribution in [0.5, 0.6) is 0 Å². The maximum atomic E-state index is 5.50. The Labute approximate surface area is 128 Å². The molecule has 4 aromatic heterocycles. The molecule has 0 aromatic carbocycles. The zero-order chi connectivity index (χ0) is 14.1. The van der Waals surface area contributed by atoms with Crippen molar-refractivity contribution in [3.63, 3.8) is 0 Å². The summed E-state index contributed by atoms with van der Waals surface area (Å²) < 4.78 is 5.50. The third-order valence-electron chi connectivity index (χ3n) is 2.98. The van der Waals surface area contributed by atoms with Crippen LogP contribution in [0.25, 0.3) is 21.0 Å². The van der Waals surface area contributed by atoms with Gasteiger partial charge in [0, 0.05) is 0 Å². The second kappa shape index (κ2) is 5.27. The van der Waals surface area contributed by atoms with Crippen LogP contribution in [0.1, 0.15) is 5.69 Å². The molecule has 21 heavy (non-hydrogen) atoms. The van der Waals surface area contributed by atoms with Gasteiger partial charge in [0.25, 0.3) is 0 Å². The molecule has 1 N–H and O–H groups in total. The standard InChI is InChI=1S/C14H10N4OS2/c1-2-11(20-4-1)13-18-9(7-19-13)6-15-12-10-3-5-21-14(10)17-8-16-12/h1-5,7-8H,6H2,(H,15,16,17). The van der Waals surface area contributed by atoms with Crippen LogP contribution < -0.4 is 5.32 Å². The molecule has 0 spiro atoms. The number of nitrogens with zero attached hydrogens (tertiary/aromatic N) is 3. The summed E-state index contributed by atoms with van der Waals surface area (Å²) in [5, 5.41) is 8.33. The molecule has 0 aliphatic rings. The fourth-order valence-corrected chi connectivity index (χ4v) is 3.39. The summed E-state index contributed by atoms with van der Waals surface area (Å²) in [6.45, 7) is 0.566. The molecule has 0 aliphatic heterocycles. The van der Waals surface area contributed by atoms with Crippen LogP contribution in [-0.4, -0.2) is 15.0 Å². The summed E-state index contributed by atoms with van der Waals surface area (Å²) >= 11 is 3.21. The average Bonchev–Trinajstić information content (AvgIpc) is 3.23. The second-order valence-electron chi connectivity index (χ2n) is 4.34. The SMILES string of the molecule is c1csc(-c2nc(CNc3ncnc4sccc34)co2)c1. The maximum Gasteiger partial charge on any atom is 0.236 e. The molecular formula is C14H10N4OS2. The molecule has 0 atom stereocenters. The summed E-state index contributed by atoms with van der Waals surface area (Å²) in [6, 6.07) is 5.99. The van der Waals surface area contributed by atoms with Crippen molar-refractivity contribution < 1.29 is 4.42 Å². The lowest BCUT2D eigenvalue weighted by Crippen LogP contribution is -2.02. The predicted octanol–water partition coefficient (Wildman–Crippen LogP) is 4.02. The lowest BCUT2D eigenvalue weighted by Gasteiger charge is -2.03. The van der Waals surface area contributed by atoms with Crippen LogP contribution in [0.2, 0.25) is 0 Å². The highest BCUT2D eigenvalue weighted by molar-refractivity contribution is 7.16. The van der Waals surface area contributed by atoms with E-state index in [4.69, 9.17) is 4.42 Å². The normalized spacial score (nSPS) is 11.0. The van der Waals surface area contributed by atoms with Gasteiger partial charge in [0.15, 0.2) is 0 Å². The van der Waals surface area contributed by atoms with Crippen molar-refractivity contribution in [2.24, 2.45) is 0 Å². The largest absolute Gasteiger partial charge is 0.443 e. The minimum Gasteiger partial charge on any atom is -0.443 e. The Morgan fingerprint density at radius 3 is 3.05 bits per heavy atom. The number of aromatic nitrogens is 3. The first-order chi connectivity index (χ1) is 10.4. The van der Waals surface area contributed by atoms with Gasteiger partial charge in [-0.2, -0.15) is 0 Å². The Morgan fingerprint density at radius 2 is 2.14 bits per heavy atom. The van der Waals surface area contributed by atoms with Crippen molar-refractivity contribution in [2.75, 3.05) is 5.32 Å². The van der Waals surface area contributed by atoms with Gasteiger partial charge in [-0.1, -0.05) is 6.07 Å². The molecule has 5 nitrogen and oxygen atoms in total. The summed E-state index contributed by atoms with van der Waals surface area (Å²) in [7, 11) is 0. The van der Waals surface area contributed by atoms with Gasteiger partial charge in [-0.05, 0) is 22.9 Å². The predicted molar refractivity (Wildman–Crippen MR) is 84.6 cm³/mol. The topological polar surface area (TPSA) is 63.8 Å². The molecule has 0 amide bonds. The van der Waals surface area contributed by atoms with Crippen LogP contribution in [-0.2, 0) is 6.54 Å². The van der Waals surface area contributed by atoms with Crippen molar-refractivity contribution in [1.29, 1.82) is 0 Å². The molecule has 0 radical (unpaired) electrons. The molecule has 0 aliphatic carbocycles. The van der Waals surface area contributed by atoms with Crippen molar-refractivity contribution in [3.8, 4) is 10.8 Å². The van der Waals surface area contributed by atoms with Crippen LogP contribution in [0, 0.1) is 0 Å². The van der Waals surface area contributed by atoms with Gasteiger partial charge in [0.1, 0.15) is 23.2 Å². The molecule has 0 unspecified atom stereocenters. The third-order valence-corrected chi connectivity index (χ3v) is 4.66. The van der Waals surface area contributed by atoms with Gasteiger partial charge in [-0.15, -0.1) is 22.7 Å². The lowest BCUT2D eigenvalue weighted by atomic mass is 10.3. The molecule has 0 fully saturated rings. The Balaban J connectivity index is 1.53. The van der Waals surface area contributed by atoms with Crippen molar-refractivity contribution >= 4 is 38.7 Å². The minimum absolute atomic E-state index is 0.566. The number of rotatable bonds is 4. The lowest BCUT2D eigenvalue weighted by molar-refractivity contribution is 0.574. The smallest absolute Gasteiger partial charge is 0.236 e. The first-order valence-corrected chi connectivity index (χ1v) is 8.06. The molecule has 0 saturated carbocycles. The highest BCUT2D eigenvalue weighted by Crippen LogP contribution is 2.25. The van der Waals surface area contributed by atoms with Crippen LogP contribution in [0.3, 0.4) is 0 Å². The van der Waals surface area contributed by atoms with E-state index < -0.39 is 0 Å². The molecule has 4 heterocycles. The number of thiophene rings is 2. The van der Waals surface area contributed by atoms with E-state index in [2.05, 4.69) is 20.3 Å². The Morgan fingerprint density at radius 1 is 1.14 bits per heavy atom. The van der Waals surface area contributed by atoms with E-state index in [1.54, 1.807) is 35.3 Å². The molecule has 0 bridgehead atoms. The monoisotopic (exact) mass is 314 g/mol. The molecule has 4 rings (SSSR count).